The van der Waals surface area contributed by atoms with Crippen molar-refractivity contribution in [2.75, 3.05) is 6.26 Å². The van der Waals surface area contributed by atoms with Crippen LogP contribution in [0.25, 0.3) is 11.3 Å². The smallest absolute Gasteiger partial charge is 0.175 e. The molecule has 0 spiro atoms. The van der Waals surface area contributed by atoms with E-state index in [9.17, 15) is 13.5 Å². The van der Waals surface area contributed by atoms with Crippen molar-refractivity contribution < 1.29 is 13.5 Å². The number of aryl methyl sites for hydroxylation is 1. The Morgan fingerprint density at radius 2 is 1.96 bits per heavy atom. The number of sulfone groups is 1. The van der Waals surface area contributed by atoms with Crippen molar-refractivity contribution in [1.82, 2.24) is 9.55 Å². The van der Waals surface area contributed by atoms with E-state index in [4.69, 9.17) is 0 Å². The zero-order chi connectivity index (χ0) is 18.8. The quantitative estimate of drug-likeness (QED) is 0.741. The molecule has 2 heterocycles. The SMILES string of the molecule is CS(=O)(=O)c1ccc2c(c1)[C@H](O)[C@H](C1c3ccccc3-c3cncn31)CC2. The first-order valence-corrected chi connectivity index (χ1v) is 11.0. The summed E-state index contributed by atoms with van der Waals surface area (Å²) >= 11 is 0. The van der Waals surface area contributed by atoms with Gasteiger partial charge in [0.2, 0.25) is 0 Å². The van der Waals surface area contributed by atoms with Crippen molar-refractivity contribution in [3.63, 3.8) is 0 Å². The zero-order valence-corrected chi connectivity index (χ0v) is 15.7. The van der Waals surface area contributed by atoms with Gasteiger partial charge in [-0.2, -0.15) is 0 Å². The summed E-state index contributed by atoms with van der Waals surface area (Å²) in [6.45, 7) is 0. The molecule has 5 nitrogen and oxygen atoms in total. The van der Waals surface area contributed by atoms with Gasteiger partial charge in [0.05, 0.1) is 35.3 Å². The van der Waals surface area contributed by atoms with Crippen LogP contribution in [-0.4, -0.2) is 29.3 Å². The maximum atomic E-state index is 12.0. The Morgan fingerprint density at radius 1 is 1.15 bits per heavy atom. The van der Waals surface area contributed by atoms with Gasteiger partial charge in [-0.15, -0.1) is 0 Å². The summed E-state index contributed by atoms with van der Waals surface area (Å²) < 4.78 is 26.1. The number of aliphatic hydroxyl groups excluding tert-OH is 1. The average Bonchev–Trinajstić information content (AvgIpc) is 3.23. The van der Waals surface area contributed by atoms with Gasteiger partial charge in [0, 0.05) is 17.7 Å². The molecule has 6 heteroatoms. The molecule has 138 valence electrons. The number of hydrogen-bond donors (Lipinski definition) is 1. The van der Waals surface area contributed by atoms with E-state index in [1.807, 2.05) is 30.7 Å². The van der Waals surface area contributed by atoms with Gasteiger partial charge in [0.1, 0.15) is 0 Å². The highest BCUT2D eigenvalue weighted by molar-refractivity contribution is 7.90. The third kappa shape index (κ3) is 2.47. The number of aromatic nitrogens is 2. The van der Waals surface area contributed by atoms with Gasteiger partial charge >= 0.3 is 0 Å². The summed E-state index contributed by atoms with van der Waals surface area (Å²) in [6.07, 6.45) is 5.83. The minimum atomic E-state index is -3.31. The molecule has 0 saturated heterocycles. The molecule has 2 aromatic carbocycles. The lowest BCUT2D eigenvalue weighted by molar-refractivity contribution is 0.0718. The molecule has 5 rings (SSSR count). The summed E-state index contributed by atoms with van der Waals surface area (Å²) in [7, 11) is -3.31. The van der Waals surface area contributed by atoms with E-state index in [0.29, 0.717) is 0 Å². The van der Waals surface area contributed by atoms with E-state index in [1.165, 1.54) is 11.8 Å². The Balaban J connectivity index is 1.61. The lowest BCUT2D eigenvalue weighted by Crippen LogP contribution is -2.28. The second-order valence-corrected chi connectivity index (χ2v) is 9.51. The number of hydrogen-bond acceptors (Lipinski definition) is 4. The normalized spacial score (nSPS) is 23.6. The second-order valence-electron chi connectivity index (χ2n) is 7.50. The van der Waals surface area contributed by atoms with Crippen molar-refractivity contribution in [2.24, 2.45) is 5.92 Å². The maximum absolute atomic E-state index is 12.0. The number of aliphatic hydroxyl groups is 1. The molecule has 1 aliphatic heterocycles. The van der Waals surface area contributed by atoms with Crippen LogP contribution >= 0.6 is 0 Å². The van der Waals surface area contributed by atoms with E-state index in [1.54, 1.807) is 12.1 Å². The molecule has 1 aromatic heterocycles. The minimum absolute atomic E-state index is 0.00346. The van der Waals surface area contributed by atoms with Crippen LogP contribution in [0.1, 0.15) is 35.3 Å². The van der Waals surface area contributed by atoms with Crippen LogP contribution in [0.4, 0.5) is 0 Å². The first kappa shape index (κ1) is 16.7. The number of benzene rings is 2. The molecule has 2 aliphatic rings. The van der Waals surface area contributed by atoms with Crippen molar-refractivity contribution in [3.05, 3.63) is 71.7 Å². The van der Waals surface area contributed by atoms with E-state index in [0.717, 1.165) is 35.2 Å². The summed E-state index contributed by atoms with van der Waals surface area (Å²) in [4.78, 5) is 4.57. The molecule has 3 aromatic rings. The summed E-state index contributed by atoms with van der Waals surface area (Å²) in [5.41, 5.74) is 5.19. The summed E-state index contributed by atoms with van der Waals surface area (Å²) in [6, 6.07) is 13.4. The highest BCUT2D eigenvalue weighted by Crippen LogP contribution is 2.49. The molecule has 0 fully saturated rings. The average molecular weight is 380 g/mol. The number of fused-ring (bicyclic) bond motifs is 4. The molecule has 27 heavy (non-hydrogen) atoms. The maximum Gasteiger partial charge on any atom is 0.175 e. The third-order valence-corrected chi connectivity index (χ3v) is 7.05. The minimum Gasteiger partial charge on any atom is -0.388 e. The fourth-order valence-electron chi connectivity index (χ4n) is 4.66. The molecule has 1 aliphatic carbocycles. The zero-order valence-electron chi connectivity index (χ0n) is 14.9. The largest absolute Gasteiger partial charge is 0.388 e. The number of nitrogens with zero attached hydrogens (tertiary/aromatic N) is 2. The Hall–Kier alpha value is -2.44. The van der Waals surface area contributed by atoms with E-state index in [2.05, 4.69) is 21.7 Å². The molecular formula is C21H20N2O3S. The molecule has 0 bridgehead atoms. The Bertz CT molecular complexity index is 1150. The highest BCUT2D eigenvalue weighted by atomic mass is 32.2. The van der Waals surface area contributed by atoms with Gasteiger partial charge in [0.25, 0.3) is 0 Å². The molecule has 0 amide bonds. The number of imidazole rings is 1. The van der Waals surface area contributed by atoms with Gasteiger partial charge in [-0.05, 0) is 41.7 Å². The second kappa shape index (κ2) is 5.78. The van der Waals surface area contributed by atoms with Crippen LogP contribution in [0.5, 0.6) is 0 Å². The molecule has 1 unspecified atom stereocenters. The lowest BCUT2D eigenvalue weighted by atomic mass is 9.76. The monoisotopic (exact) mass is 380 g/mol. The van der Waals surface area contributed by atoms with Gasteiger partial charge in [0.15, 0.2) is 9.84 Å². The standard InChI is InChI=1S/C21H20N2O3S/c1-27(25,26)14-8-6-13-7-9-17(21(24)18(13)10-14)20-16-5-3-2-4-15(16)19-11-22-12-23(19)20/h2-6,8,10-12,17,20-21,24H,7,9H2,1H3/t17-,20?,21+/m0/s1. The van der Waals surface area contributed by atoms with Crippen LogP contribution in [0, 0.1) is 5.92 Å². The fourth-order valence-corrected chi connectivity index (χ4v) is 5.31. The number of rotatable bonds is 2. The Labute approximate surface area is 158 Å². The van der Waals surface area contributed by atoms with Gasteiger partial charge in [-0.25, -0.2) is 13.4 Å². The first-order chi connectivity index (χ1) is 12.9. The lowest BCUT2D eigenvalue weighted by Gasteiger charge is -2.35. The van der Waals surface area contributed by atoms with Crippen LogP contribution in [0.2, 0.25) is 0 Å². The molecule has 1 N–H and O–H groups in total. The van der Waals surface area contributed by atoms with Crippen LogP contribution in [-0.2, 0) is 16.3 Å². The topological polar surface area (TPSA) is 72.2 Å². The van der Waals surface area contributed by atoms with Crippen molar-refractivity contribution in [2.45, 2.75) is 29.9 Å². The predicted octanol–water partition coefficient (Wildman–Crippen LogP) is 3.15. The highest BCUT2D eigenvalue weighted by Gasteiger charge is 2.40. The van der Waals surface area contributed by atoms with E-state index < -0.39 is 15.9 Å². The van der Waals surface area contributed by atoms with Crippen LogP contribution in [0.15, 0.2) is 59.9 Å². The van der Waals surface area contributed by atoms with Crippen LogP contribution < -0.4 is 0 Å². The fraction of sp³-hybridized carbons (Fsp3) is 0.286. The Kier molecular flexibility index (Phi) is 3.58. The van der Waals surface area contributed by atoms with Crippen molar-refractivity contribution in [1.29, 1.82) is 0 Å². The van der Waals surface area contributed by atoms with E-state index >= 15 is 0 Å². The molecule has 3 atom stereocenters. The van der Waals surface area contributed by atoms with Crippen molar-refractivity contribution in [3.8, 4) is 11.3 Å². The van der Waals surface area contributed by atoms with Gasteiger partial charge in [-0.3, -0.25) is 0 Å². The predicted molar refractivity (Wildman–Crippen MR) is 102 cm³/mol. The van der Waals surface area contributed by atoms with E-state index in [-0.39, 0.29) is 16.9 Å². The first-order valence-electron chi connectivity index (χ1n) is 9.07. The molecular weight excluding hydrogens is 360 g/mol. The van der Waals surface area contributed by atoms with Crippen LogP contribution in [0.3, 0.4) is 0 Å². The van der Waals surface area contributed by atoms with Gasteiger partial charge < -0.3 is 9.67 Å². The summed E-state index contributed by atoms with van der Waals surface area (Å²) in [5, 5.41) is 11.2. The molecule has 0 saturated carbocycles. The summed E-state index contributed by atoms with van der Waals surface area (Å²) in [5.74, 6) is -0.0380. The molecule has 0 radical (unpaired) electrons. The Morgan fingerprint density at radius 3 is 2.78 bits per heavy atom. The van der Waals surface area contributed by atoms with Gasteiger partial charge in [-0.1, -0.05) is 30.3 Å². The van der Waals surface area contributed by atoms with Crippen molar-refractivity contribution >= 4 is 9.84 Å². The third-order valence-electron chi connectivity index (χ3n) is 5.94.